The Morgan fingerprint density at radius 1 is 1.53 bits per heavy atom. The number of piperidine rings is 1. The van der Waals surface area contributed by atoms with Crippen LogP contribution in [0.25, 0.3) is 0 Å². The molecule has 3 rings (SSSR count). The lowest BCUT2D eigenvalue weighted by atomic mass is 9.91. The lowest BCUT2D eigenvalue weighted by Crippen LogP contribution is -2.34. The maximum Gasteiger partial charge on any atom is 0.226 e. The zero-order chi connectivity index (χ0) is 12.6. The van der Waals surface area contributed by atoms with E-state index in [4.69, 9.17) is 0 Å². The van der Waals surface area contributed by atoms with Crippen LogP contribution >= 0.6 is 23.7 Å². The lowest BCUT2D eigenvalue weighted by molar-refractivity contribution is -0.132. The third-order valence-electron chi connectivity index (χ3n) is 4.44. The molecule has 2 aliphatic rings. The summed E-state index contributed by atoms with van der Waals surface area (Å²) in [7, 11) is 1.94. The largest absolute Gasteiger partial charge is 0.340 e. The molecular weight excluding hydrogens is 280 g/mol. The third-order valence-corrected chi connectivity index (χ3v) is 5.30. The molecule has 1 aromatic heterocycles. The minimum Gasteiger partial charge on any atom is -0.340 e. The molecule has 1 amide bonds. The average molecular weight is 301 g/mol. The quantitative estimate of drug-likeness (QED) is 0.930. The highest BCUT2D eigenvalue weighted by atomic mass is 35.5. The number of carbonyl (C=O) groups is 1. The first-order valence-electron chi connectivity index (χ1n) is 6.69. The Bertz CT molecular complexity index is 429. The fourth-order valence-electron chi connectivity index (χ4n) is 3.15. The minimum absolute atomic E-state index is 0. The number of nitrogens with zero attached hydrogens (tertiary/aromatic N) is 1. The van der Waals surface area contributed by atoms with Crippen molar-refractivity contribution in [1.82, 2.24) is 10.2 Å². The van der Waals surface area contributed by atoms with Crippen molar-refractivity contribution in [3.8, 4) is 0 Å². The van der Waals surface area contributed by atoms with E-state index in [9.17, 15) is 4.79 Å². The molecule has 0 radical (unpaired) electrons. The predicted molar refractivity (Wildman–Crippen MR) is 80.7 cm³/mol. The highest BCUT2D eigenvalue weighted by Crippen LogP contribution is 2.59. The van der Waals surface area contributed by atoms with Gasteiger partial charge >= 0.3 is 0 Å². The van der Waals surface area contributed by atoms with E-state index in [1.165, 1.54) is 17.7 Å². The molecule has 1 aliphatic carbocycles. The van der Waals surface area contributed by atoms with E-state index in [0.29, 0.717) is 17.2 Å². The molecule has 1 atom stereocenters. The van der Waals surface area contributed by atoms with Gasteiger partial charge in [-0.05, 0) is 49.2 Å². The molecule has 1 saturated heterocycles. The molecule has 5 heteroatoms. The molecule has 1 unspecified atom stereocenters. The normalized spacial score (nSPS) is 23.7. The van der Waals surface area contributed by atoms with Crippen LogP contribution in [0.15, 0.2) is 17.5 Å². The van der Waals surface area contributed by atoms with Crippen LogP contribution in [0.5, 0.6) is 0 Å². The summed E-state index contributed by atoms with van der Waals surface area (Å²) < 4.78 is 0. The first-order chi connectivity index (χ1) is 8.71. The van der Waals surface area contributed by atoms with Crippen LogP contribution in [0.3, 0.4) is 0 Å². The van der Waals surface area contributed by atoms with Crippen LogP contribution in [0.4, 0.5) is 0 Å². The summed E-state index contributed by atoms with van der Waals surface area (Å²) in [6.07, 6.45) is 3.47. The fourth-order valence-corrected chi connectivity index (χ4v) is 3.91. The molecule has 2 fully saturated rings. The van der Waals surface area contributed by atoms with Gasteiger partial charge in [0.25, 0.3) is 0 Å². The van der Waals surface area contributed by atoms with E-state index < -0.39 is 0 Å². The van der Waals surface area contributed by atoms with Crippen molar-refractivity contribution < 1.29 is 4.79 Å². The molecule has 1 saturated carbocycles. The van der Waals surface area contributed by atoms with Crippen LogP contribution < -0.4 is 5.32 Å². The monoisotopic (exact) mass is 300 g/mol. The molecule has 19 heavy (non-hydrogen) atoms. The van der Waals surface area contributed by atoms with Gasteiger partial charge in [0, 0.05) is 17.8 Å². The number of nitrogens with one attached hydrogen (secondary N) is 1. The number of amides is 1. The summed E-state index contributed by atoms with van der Waals surface area (Å²) in [5.41, 5.74) is 0.353. The Balaban J connectivity index is 0.00000133. The number of thiophene rings is 1. The van der Waals surface area contributed by atoms with Gasteiger partial charge < -0.3 is 10.2 Å². The average Bonchev–Trinajstić information content (AvgIpc) is 2.84. The molecule has 106 valence electrons. The van der Waals surface area contributed by atoms with Crippen LogP contribution in [0, 0.1) is 11.3 Å². The topological polar surface area (TPSA) is 32.3 Å². The van der Waals surface area contributed by atoms with Crippen LogP contribution in [0.1, 0.15) is 24.1 Å². The zero-order valence-corrected chi connectivity index (χ0v) is 12.9. The van der Waals surface area contributed by atoms with Gasteiger partial charge in [-0.15, -0.1) is 23.7 Å². The Kier molecular flexibility index (Phi) is 4.54. The number of carbonyl (C=O) groups excluding carboxylic acids is 1. The van der Waals surface area contributed by atoms with E-state index in [0.717, 1.165) is 26.1 Å². The van der Waals surface area contributed by atoms with Gasteiger partial charge in [0.1, 0.15) is 0 Å². The van der Waals surface area contributed by atoms with Gasteiger partial charge in [-0.2, -0.15) is 0 Å². The minimum atomic E-state index is 0. The SMILES string of the molecule is CN(Cc1cccs1)C(=O)C1CC12CCNCC2.Cl. The van der Waals surface area contributed by atoms with Crippen molar-refractivity contribution in [3.63, 3.8) is 0 Å². The lowest BCUT2D eigenvalue weighted by Gasteiger charge is -2.25. The van der Waals surface area contributed by atoms with Crippen molar-refractivity contribution in [1.29, 1.82) is 0 Å². The smallest absolute Gasteiger partial charge is 0.226 e. The van der Waals surface area contributed by atoms with Crippen LogP contribution in [-0.2, 0) is 11.3 Å². The molecule has 0 bridgehead atoms. The first kappa shape index (κ1) is 14.8. The Hall–Kier alpha value is -0.580. The summed E-state index contributed by atoms with van der Waals surface area (Å²) in [6, 6.07) is 4.14. The molecule has 2 heterocycles. The molecular formula is C14H21ClN2OS. The van der Waals surface area contributed by atoms with E-state index in [-0.39, 0.29) is 12.4 Å². The maximum atomic E-state index is 12.4. The number of hydrogen-bond donors (Lipinski definition) is 1. The second-order valence-electron chi connectivity index (χ2n) is 5.64. The van der Waals surface area contributed by atoms with E-state index in [2.05, 4.69) is 16.8 Å². The molecule has 3 nitrogen and oxygen atoms in total. The summed E-state index contributed by atoms with van der Waals surface area (Å²) in [4.78, 5) is 15.6. The van der Waals surface area contributed by atoms with Gasteiger partial charge in [0.2, 0.25) is 5.91 Å². The first-order valence-corrected chi connectivity index (χ1v) is 7.57. The third kappa shape index (κ3) is 2.96. The summed E-state index contributed by atoms with van der Waals surface area (Å²) in [5, 5.41) is 5.45. The molecule has 1 aromatic rings. The Morgan fingerprint density at radius 2 is 2.26 bits per heavy atom. The van der Waals surface area contributed by atoms with E-state index >= 15 is 0 Å². The van der Waals surface area contributed by atoms with Gasteiger partial charge in [-0.1, -0.05) is 6.07 Å². The van der Waals surface area contributed by atoms with Gasteiger partial charge in [0.15, 0.2) is 0 Å². The van der Waals surface area contributed by atoms with Crippen LogP contribution in [-0.4, -0.2) is 30.9 Å². The second kappa shape index (κ2) is 5.81. The summed E-state index contributed by atoms with van der Waals surface area (Å²) >= 11 is 1.72. The number of rotatable bonds is 3. The zero-order valence-electron chi connectivity index (χ0n) is 11.2. The summed E-state index contributed by atoms with van der Waals surface area (Å²) in [5.74, 6) is 0.648. The molecule has 0 aromatic carbocycles. The number of hydrogen-bond acceptors (Lipinski definition) is 3. The fraction of sp³-hybridized carbons (Fsp3) is 0.643. The van der Waals surface area contributed by atoms with Crippen molar-refractivity contribution >= 4 is 29.7 Å². The van der Waals surface area contributed by atoms with Crippen molar-refractivity contribution in [2.75, 3.05) is 20.1 Å². The van der Waals surface area contributed by atoms with Gasteiger partial charge in [-0.3, -0.25) is 4.79 Å². The molecule has 1 aliphatic heterocycles. The van der Waals surface area contributed by atoms with E-state index in [1.807, 2.05) is 18.0 Å². The van der Waals surface area contributed by atoms with Crippen molar-refractivity contribution in [3.05, 3.63) is 22.4 Å². The highest BCUT2D eigenvalue weighted by molar-refractivity contribution is 7.09. The van der Waals surface area contributed by atoms with Crippen molar-refractivity contribution in [2.24, 2.45) is 11.3 Å². The van der Waals surface area contributed by atoms with Gasteiger partial charge in [0.05, 0.1) is 6.54 Å². The Morgan fingerprint density at radius 3 is 2.89 bits per heavy atom. The standard InChI is InChI=1S/C14H20N2OS.ClH/c1-16(10-11-3-2-8-18-11)13(17)12-9-14(12)4-6-15-7-5-14;/h2-3,8,12,15H,4-7,9-10H2,1H3;1H. The van der Waals surface area contributed by atoms with Gasteiger partial charge in [-0.25, -0.2) is 0 Å². The maximum absolute atomic E-state index is 12.4. The molecule has 1 spiro atoms. The number of halogens is 1. The van der Waals surface area contributed by atoms with Crippen LogP contribution in [0.2, 0.25) is 0 Å². The molecule has 1 N–H and O–H groups in total. The van der Waals surface area contributed by atoms with E-state index in [1.54, 1.807) is 11.3 Å². The Labute approximate surface area is 124 Å². The summed E-state index contributed by atoms with van der Waals surface area (Å²) in [6.45, 7) is 2.93. The second-order valence-corrected chi connectivity index (χ2v) is 6.67. The van der Waals surface area contributed by atoms with Crippen molar-refractivity contribution in [2.45, 2.75) is 25.8 Å². The highest BCUT2D eigenvalue weighted by Gasteiger charge is 2.58. The predicted octanol–water partition coefficient (Wildman–Crippen LogP) is 2.52.